The fourth-order valence-electron chi connectivity index (χ4n) is 4.75. The number of hydrogen-bond acceptors (Lipinski definition) is 3. The number of nitrogens with two attached hydrogens (primary N) is 1. The van der Waals surface area contributed by atoms with Crippen molar-refractivity contribution < 1.29 is 4.79 Å². The summed E-state index contributed by atoms with van der Waals surface area (Å²) in [5, 5.41) is 3.34. The highest BCUT2D eigenvalue weighted by atomic mass is 16.2. The van der Waals surface area contributed by atoms with Crippen LogP contribution in [-0.4, -0.2) is 42.0 Å². The summed E-state index contributed by atoms with van der Waals surface area (Å²) in [4.78, 5) is 15.2. The van der Waals surface area contributed by atoms with E-state index in [1.807, 2.05) is 0 Å². The first-order valence-corrected chi connectivity index (χ1v) is 8.82. The second-order valence-electron chi connectivity index (χ2n) is 7.77. The lowest BCUT2D eigenvalue weighted by atomic mass is 9.78. The van der Waals surface area contributed by atoms with Gasteiger partial charge in [-0.1, -0.05) is 13.3 Å². The monoisotopic (exact) mass is 293 g/mol. The molecule has 5 atom stereocenters. The minimum Gasteiger partial charge on any atom is -0.353 e. The third-order valence-electron chi connectivity index (χ3n) is 6.19. The van der Waals surface area contributed by atoms with E-state index in [9.17, 15) is 4.79 Å². The molecule has 21 heavy (non-hydrogen) atoms. The normalized spacial score (nSPS) is 44.3. The van der Waals surface area contributed by atoms with Crippen molar-refractivity contribution in [1.82, 2.24) is 10.2 Å². The van der Waals surface area contributed by atoms with Gasteiger partial charge in [-0.25, -0.2) is 0 Å². The first kappa shape index (κ1) is 15.3. The lowest BCUT2D eigenvalue weighted by Crippen LogP contribution is -2.57. The Labute approximate surface area is 128 Å². The first-order chi connectivity index (χ1) is 10.0. The summed E-state index contributed by atoms with van der Waals surface area (Å²) in [5.41, 5.74) is 6.19. The molecule has 120 valence electrons. The smallest absolute Gasteiger partial charge is 0.224 e. The molecule has 2 saturated heterocycles. The number of amides is 1. The van der Waals surface area contributed by atoms with Gasteiger partial charge in [0.1, 0.15) is 0 Å². The molecule has 0 radical (unpaired) electrons. The van der Waals surface area contributed by atoms with Crippen molar-refractivity contribution in [3.63, 3.8) is 0 Å². The molecule has 4 nitrogen and oxygen atoms in total. The summed E-state index contributed by atoms with van der Waals surface area (Å²) in [6.07, 6.45) is 9.31. The molecule has 5 unspecified atom stereocenters. The van der Waals surface area contributed by atoms with Gasteiger partial charge in [-0.15, -0.1) is 0 Å². The lowest BCUT2D eigenvalue weighted by molar-refractivity contribution is -0.128. The van der Waals surface area contributed by atoms with Crippen molar-refractivity contribution in [2.24, 2.45) is 17.6 Å². The minimum absolute atomic E-state index is 0.0354. The maximum atomic E-state index is 12.6. The molecule has 1 amide bonds. The molecule has 2 heterocycles. The SMILES string of the molecule is CC1CCC(N)C(C(=O)NC2CC3CCCC(C2)N3C)C1. The molecule has 4 heteroatoms. The van der Waals surface area contributed by atoms with Crippen LogP contribution in [0.5, 0.6) is 0 Å². The van der Waals surface area contributed by atoms with E-state index < -0.39 is 0 Å². The fourth-order valence-corrected chi connectivity index (χ4v) is 4.75. The van der Waals surface area contributed by atoms with Crippen LogP contribution < -0.4 is 11.1 Å². The molecule has 2 aliphatic heterocycles. The van der Waals surface area contributed by atoms with Crippen molar-refractivity contribution in [3.05, 3.63) is 0 Å². The van der Waals surface area contributed by atoms with Crippen LogP contribution >= 0.6 is 0 Å². The Bertz CT molecular complexity index is 372. The van der Waals surface area contributed by atoms with Gasteiger partial charge in [0.2, 0.25) is 5.91 Å². The highest BCUT2D eigenvalue weighted by molar-refractivity contribution is 5.79. The Morgan fingerprint density at radius 3 is 2.43 bits per heavy atom. The van der Waals surface area contributed by atoms with Crippen molar-refractivity contribution >= 4 is 5.91 Å². The van der Waals surface area contributed by atoms with Gasteiger partial charge in [-0.2, -0.15) is 0 Å². The van der Waals surface area contributed by atoms with Gasteiger partial charge in [-0.3, -0.25) is 4.79 Å². The van der Waals surface area contributed by atoms with Gasteiger partial charge in [0.15, 0.2) is 0 Å². The molecule has 3 fully saturated rings. The van der Waals surface area contributed by atoms with Crippen molar-refractivity contribution in [3.8, 4) is 0 Å². The van der Waals surface area contributed by atoms with E-state index in [0.717, 1.165) is 25.7 Å². The average molecular weight is 293 g/mol. The summed E-state index contributed by atoms with van der Waals surface area (Å²) in [6.45, 7) is 2.24. The molecular weight excluding hydrogens is 262 g/mol. The summed E-state index contributed by atoms with van der Waals surface area (Å²) in [5.74, 6) is 0.896. The molecule has 2 bridgehead atoms. The molecule has 0 aromatic rings. The topological polar surface area (TPSA) is 58.4 Å². The van der Waals surface area contributed by atoms with E-state index in [2.05, 4.69) is 24.2 Å². The number of carbonyl (C=O) groups excluding carboxylic acids is 1. The molecule has 3 N–H and O–H groups in total. The quantitative estimate of drug-likeness (QED) is 0.817. The summed E-state index contributed by atoms with van der Waals surface area (Å²) < 4.78 is 0. The Kier molecular flexibility index (Phi) is 4.55. The molecule has 3 aliphatic rings. The van der Waals surface area contributed by atoms with Crippen LogP contribution in [0.2, 0.25) is 0 Å². The predicted octanol–water partition coefficient (Wildman–Crippen LogP) is 1.88. The standard InChI is InChI=1S/C17H31N3O/c1-11-6-7-16(18)15(8-11)17(21)19-12-9-13-4-3-5-14(10-12)20(13)2/h11-16H,3-10,18H2,1-2H3,(H,19,21). The van der Waals surface area contributed by atoms with Crippen molar-refractivity contribution in [1.29, 1.82) is 0 Å². The zero-order valence-electron chi connectivity index (χ0n) is 13.6. The van der Waals surface area contributed by atoms with Gasteiger partial charge >= 0.3 is 0 Å². The maximum Gasteiger partial charge on any atom is 0.224 e. The molecule has 3 rings (SSSR count). The zero-order chi connectivity index (χ0) is 15.0. The maximum absolute atomic E-state index is 12.6. The minimum atomic E-state index is 0.0354. The number of fused-ring (bicyclic) bond motifs is 2. The predicted molar refractivity (Wildman–Crippen MR) is 84.8 cm³/mol. The number of rotatable bonds is 2. The molecule has 0 aromatic heterocycles. The van der Waals surface area contributed by atoms with Crippen LogP contribution in [0.25, 0.3) is 0 Å². The van der Waals surface area contributed by atoms with E-state index in [0.29, 0.717) is 24.0 Å². The van der Waals surface area contributed by atoms with E-state index >= 15 is 0 Å². The number of nitrogens with zero attached hydrogens (tertiary/aromatic N) is 1. The Balaban J connectivity index is 1.57. The van der Waals surface area contributed by atoms with Crippen molar-refractivity contribution in [2.75, 3.05) is 7.05 Å². The van der Waals surface area contributed by atoms with Crippen molar-refractivity contribution in [2.45, 2.75) is 82.5 Å². The zero-order valence-corrected chi connectivity index (χ0v) is 13.6. The second-order valence-corrected chi connectivity index (χ2v) is 7.77. The third kappa shape index (κ3) is 3.26. The fraction of sp³-hybridized carbons (Fsp3) is 0.941. The van der Waals surface area contributed by atoms with Crippen LogP contribution in [0.3, 0.4) is 0 Å². The van der Waals surface area contributed by atoms with E-state index in [-0.39, 0.29) is 17.9 Å². The lowest BCUT2D eigenvalue weighted by Gasteiger charge is -2.47. The van der Waals surface area contributed by atoms with Gasteiger partial charge in [0.05, 0.1) is 5.92 Å². The molecule has 0 spiro atoms. The van der Waals surface area contributed by atoms with Crippen LogP contribution in [0, 0.1) is 11.8 Å². The summed E-state index contributed by atoms with van der Waals surface area (Å²) >= 11 is 0. The number of nitrogens with one attached hydrogen (secondary N) is 1. The van der Waals surface area contributed by atoms with E-state index in [1.54, 1.807) is 0 Å². The van der Waals surface area contributed by atoms with Gasteiger partial charge in [-0.05, 0) is 57.9 Å². The largest absolute Gasteiger partial charge is 0.353 e. The van der Waals surface area contributed by atoms with Gasteiger partial charge < -0.3 is 16.0 Å². The third-order valence-corrected chi connectivity index (χ3v) is 6.19. The highest BCUT2D eigenvalue weighted by Crippen LogP contribution is 2.33. The van der Waals surface area contributed by atoms with Crippen LogP contribution in [0.15, 0.2) is 0 Å². The Hall–Kier alpha value is -0.610. The number of piperidine rings is 2. The van der Waals surface area contributed by atoms with Gasteiger partial charge in [0.25, 0.3) is 0 Å². The van der Waals surface area contributed by atoms with Crippen LogP contribution in [-0.2, 0) is 4.79 Å². The summed E-state index contributed by atoms with van der Waals surface area (Å²) in [7, 11) is 2.26. The molecule has 1 aliphatic carbocycles. The molecular formula is C17H31N3O. The molecule has 0 aromatic carbocycles. The number of hydrogen-bond donors (Lipinski definition) is 2. The average Bonchev–Trinajstić information content (AvgIpc) is 2.42. The highest BCUT2D eigenvalue weighted by Gasteiger charge is 2.38. The molecule has 1 saturated carbocycles. The van der Waals surface area contributed by atoms with E-state index in [1.165, 1.54) is 25.7 Å². The van der Waals surface area contributed by atoms with E-state index in [4.69, 9.17) is 5.73 Å². The van der Waals surface area contributed by atoms with Crippen LogP contribution in [0.1, 0.15) is 58.3 Å². The van der Waals surface area contributed by atoms with Gasteiger partial charge in [0, 0.05) is 24.2 Å². The summed E-state index contributed by atoms with van der Waals surface area (Å²) in [6, 6.07) is 1.77. The Morgan fingerprint density at radius 2 is 1.76 bits per heavy atom. The Morgan fingerprint density at radius 1 is 1.10 bits per heavy atom. The first-order valence-electron chi connectivity index (χ1n) is 8.82. The van der Waals surface area contributed by atoms with Crippen LogP contribution in [0.4, 0.5) is 0 Å². The number of carbonyl (C=O) groups is 1. The second kappa shape index (κ2) is 6.25.